The van der Waals surface area contributed by atoms with Crippen LogP contribution in [-0.2, 0) is 15.1 Å². The van der Waals surface area contributed by atoms with Gasteiger partial charge in [0.1, 0.15) is 5.54 Å². The van der Waals surface area contributed by atoms with Crippen LogP contribution in [-0.4, -0.2) is 48.6 Å². The first-order valence-corrected chi connectivity index (χ1v) is 7.23. The van der Waals surface area contributed by atoms with Crippen molar-refractivity contribution in [1.29, 1.82) is 0 Å². The summed E-state index contributed by atoms with van der Waals surface area (Å²) < 4.78 is 5.33. The van der Waals surface area contributed by atoms with E-state index in [1.54, 1.807) is 12.4 Å². The molecule has 110 valence electrons. The van der Waals surface area contributed by atoms with Gasteiger partial charge < -0.3 is 10.1 Å². The Labute approximate surface area is 120 Å². The topological polar surface area (TPSA) is 54.5 Å². The van der Waals surface area contributed by atoms with Gasteiger partial charge in [0.15, 0.2) is 0 Å². The van der Waals surface area contributed by atoms with E-state index in [0.717, 1.165) is 38.2 Å². The van der Waals surface area contributed by atoms with E-state index in [0.29, 0.717) is 6.61 Å². The Kier molecular flexibility index (Phi) is 5.09. The van der Waals surface area contributed by atoms with Gasteiger partial charge in [-0.15, -0.1) is 0 Å². The van der Waals surface area contributed by atoms with E-state index in [1.807, 2.05) is 26.0 Å². The molecule has 0 bridgehead atoms. The third-order valence-electron chi connectivity index (χ3n) is 3.89. The highest BCUT2D eigenvalue weighted by Gasteiger charge is 2.42. The summed E-state index contributed by atoms with van der Waals surface area (Å²) in [6, 6.07) is 3.80. The van der Waals surface area contributed by atoms with Crippen LogP contribution in [0.5, 0.6) is 0 Å². The minimum atomic E-state index is -0.745. The average molecular weight is 277 g/mol. The molecule has 1 aliphatic rings. The number of rotatable bonds is 4. The molecule has 5 nitrogen and oxygen atoms in total. The molecular weight excluding hydrogens is 254 g/mol. The van der Waals surface area contributed by atoms with E-state index in [9.17, 15) is 4.79 Å². The Bertz CT molecular complexity index is 430. The van der Waals surface area contributed by atoms with Crippen LogP contribution < -0.4 is 5.32 Å². The standard InChI is InChI=1S/C15H23N3O2/c1-3-20-14(19)15(2,13-5-8-17-9-6-13)18-11-4-7-16-10-12-18/h5-6,8-9,16H,3-4,7,10-12H2,1-2H3. The van der Waals surface area contributed by atoms with Crippen LogP contribution >= 0.6 is 0 Å². The number of nitrogens with zero attached hydrogens (tertiary/aromatic N) is 2. The number of carbonyl (C=O) groups excluding carboxylic acids is 1. The maximum atomic E-state index is 12.6. The zero-order chi connectivity index (χ0) is 14.4. The van der Waals surface area contributed by atoms with Gasteiger partial charge in [-0.1, -0.05) is 0 Å². The summed E-state index contributed by atoms with van der Waals surface area (Å²) in [7, 11) is 0. The molecule has 5 heteroatoms. The fraction of sp³-hybridized carbons (Fsp3) is 0.600. The number of nitrogens with one attached hydrogen (secondary N) is 1. The molecule has 0 aromatic carbocycles. The van der Waals surface area contributed by atoms with Crippen molar-refractivity contribution in [3.05, 3.63) is 30.1 Å². The number of aromatic nitrogens is 1. The van der Waals surface area contributed by atoms with Crippen LogP contribution in [0.15, 0.2) is 24.5 Å². The summed E-state index contributed by atoms with van der Waals surface area (Å²) in [5.74, 6) is -0.187. The second-order valence-electron chi connectivity index (χ2n) is 5.12. The van der Waals surface area contributed by atoms with E-state index in [-0.39, 0.29) is 5.97 Å². The van der Waals surface area contributed by atoms with Crippen molar-refractivity contribution in [3.63, 3.8) is 0 Å². The van der Waals surface area contributed by atoms with Gasteiger partial charge >= 0.3 is 5.97 Å². The molecule has 2 rings (SSSR count). The lowest BCUT2D eigenvalue weighted by atomic mass is 9.90. The third kappa shape index (κ3) is 2.99. The Morgan fingerprint density at radius 2 is 2.15 bits per heavy atom. The minimum absolute atomic E-state index is 0.187. The minimum Gasteiger partial charge on any atom is -0.464 e. The number of pyridine rings is 1. The van der Waals surface area contributed by atoms with E-state index in [4.69, 9.17) is 4.74 Å². The Morgan fingerprint density at radius 1 is 1.40 bits per heavy atom. The molecule has 20 heavy (non-hydrogen) atoms. The summed E-state index contributed by atoms with van der Waals surface area (Å²) in [6.07, 6.45) is 4.48. The maximum Gasteiger partial charge on any atom is 0.330 e. The van der Waals surface area contributed by atoms with Crippen LogP contribution in [0.3, 0.4) is 0 Å². The number of hydrogen-bond acceptors (Lipinski definition) is 5. The SMILES string of the molecule is CCOC(=O)C(C)(c1ccncc1)N1CCCNCC1. The quantitative estimate of drug-likeness (QED) is 0.837. The second-order valence-corrected chi connectivity index (χ2v) is 5.12. The molecular formula is C15H23N3O2. The summed E-state index contributed by atoms with van der Waals surface area (Å²) in [5.41, 5.74) is 0.193. The molecule has 0 radical (unpaired) electrons. The largest absolute Gasteiger partial charge is 0.464 e. The molecule has 1 aliphatic heterocycles. The van der Waals surface area contributed by atoms with Crippen molar-refractivity contribution in [2.75, 3.05) is 32.8 Å². The average Bonchev–Trinajstić information content (AvgIpc) is 2.77. The van der Waals surface area contributed by atoms with Crippen LogP contribution in [0, 0.1) is 0 Å². The molecule has 1 N–H and O–H groups in total. The fourth-order valence-electron chi connectivity index (χ4n) is 2.67. The highest BCUT2D eigenvalue weighted by Crippen LogP contribution is 2.30. The van der Waals surface area contributed by atoms with E-state index in [1.165, 1.54) is 0 Å². The maximum absolute atomic E-state index is 12.6. The monoisotopic (exact) mass is 277 g/mol. The second kappa shape index (κ2) is 6.81. The third-order valence-corrected chi connectivity index (χ3v) is 3.89. The lowest BCUT2D eigenvalue weighted by Gasteiger charge is -2.38. The number of carbonyl (C=O) groups is 1. The number of hydrogen-bond donors (Lipinski definition) is 1. The first-order chi connectivity index (χ1) is 9.69. The molecule has 2 heterocycles. The summed E-state index contributed by atoms with van der Waals surface area (Å²) in [4.78, 5) is 18.8. The highest BCUT2D eigenvalue weighted by molar-refractivity contribution is 5.82. The molecule has 1 fully saturated rings. The number of esters is 1. The Hall–Kier alpha value is -1.46. The van der Waals surface area contributed by atoms with Crippen LogP contribution in [0.25, 0.3) is 0 Å². The van der Waals surface area contributed by atoms with Crippen molar-refractivity contribution >= 4 is 5.97 Å². The van der Waals surface area contributed by atoms with Crippen molar-refractivity contribution in [3.8, 4) is 0 Å². The Morgan fingerprint density at radius 3 is 2.85 bits per heavy atom. The molecule has 1 aromatic rings. The van der Waals surface area contributed by atoms with E-state index < -0.39 is 5.54 Å². The van der Waals surface area contributed by atoms with Gasteiger partial charge in [-0.05, 0) is 44.5 Å². The smallest absolute Gasteiger partial charge is 0.330 e. The van der Waals surface area contributed by atoms with Crippen molar-refractivity contribution in [2.24, 2.45) is 0 Å². The molecule has 1 saturated heterocycles. The van der Waals surface area contributed by atoms with Gasteiger partial charge in [-0.25, -0.2) is 4.79 Å². The summed E-state index contributed by atoms with van der Waals surface area (Å²) >= 11 is 0. The van der Waals surface area contributed by atoms with Gasteiger partial charge in [-0.3, -0.25) is 9.88 Å². The molecule has 1 atom stereocenters. The van der Waals surface area contributed by atoms with Gasteiger partial charge in [0, 0.05) is 32.0 Å². The van der Waals surface area contributed by atoms with Gasteiger partial charge in [0.2, 0.25) is 0 Å². The zero-order valence-electron chi connectivity index (χ0n) is 12.3. The first kappa shape index (κ1) is 14.9. The zero-order valence-corrected chi connectivity index (χ0v) is 12.3. The Balaban J connectivity index is 2.34. The molecule has 1 unspecified atom stereocenters. The van der Waals surface area contributed by atoms with Crippen molar-refractivity contribution < 1.29 is 9.53 Å². The van der Waals surface area contributed by atoms with Gasteiger partial charge in [-0.2, -0.15) is 0 Å². The predicted molar refractivity (Wildman–Crippen MR) is 77.3 cm³/mol. The summed E-state index contributed by atoms with van der Waals surface area (Å²) in [6.45, 7) is 7.78. The van der Waals surface area contributed by atoms with Crippen molar-refractivity contribution in [1.82, 2.24) is 15.2 Å². The summed E-state index contributed by atoms with van der Waals surface area (Å²) in [5, 5.41) is 3.37. The van der Waals surface area contributed by atoms with Gasteiger partial charge in [0.25, 0.3) is 0 Å². The number of ether oxygens (including phenoxy) is 1. The molecule has 1 aromatic heterocycles. The van der Waals surface area contributed by atoms with Gasteiger partial charge in [0.05, 0.1) is 6.61 Å². The highest BCUT2D eigenvalue weighted by atomic mass is 16.5. The predicted octanol–water partition coefficient (Wildman–Crippen LogP) is 1.16. The normalized spacial score (nSPS) is 19.9. The lowest BCUT2D eigenvalue weighted by molar-refractivity contribution is -0.157. The molecule has 0 aliphatic carbocycles. The van der Waals surface area contributed by atoms with E-state index >= 15 is 0 Å². The van der Waals surface area contributed by atoms with Crippen LogP contribution in [0.1, 0.15) is 25.8 Å². The van der Waals surface area contributed by atoms with Crippen LogP contribution in [0.2, 0.25) is 0 Å². The molecule has 0 amide bonds. The first-order valence-electron chi connectivity index (χ1n) is 7.23. The fourth-order valence-corrected chi connectivity index (χ4v) is 2.67. The van der Waals surface area contributed by atoms with Crippen LogP contribution in [0.4, 0.5) is 0 Å². The molecule has 0 spiro atoms. The van der Waals surface area contributed by atoms with E-state index in [2.05, 4.69) is 15.2 Å². The lowest BCUT2D eigenvalue weighted by Crippen LogP contribution is -2.52. The molecule has 0 saturated carbocycles. The van der Waals surface area contributed by atoms with Crippen molar-refractivity contribution in [2.45, 2.75) is 25.8 Å².